The Hall–Kier alpha value is -2.04. The van der Waals surface area contributed by atoms with Crippen molar-refractivity contribution in [3.05, 3.63) is 29.8 Å². The van der Waals surface area contributed by atoms with Crippen LogP contribution in [0.25, 0.3) is 0 Å². The lowest BCUT2D eigenvalue weighted by Gasteiger charge is -2.31. The van der Waals surface area contributed by atoms with Crippen molar-refractivity contribution >= 4 is 17.7 Å². The quantitative estimate of drug-likeness (QED) is 0.866. The average Bonchev–Trinajstić information content (AvgIpc) is 2.52. The fourth-order valence-corrected chi connectivity index (χ4v) is 3.01. The molecule has 1 saturated carbocycles. The van der Waals surface area contributed by atoms with Crippen molar-refractivity contribution in [3.8, 4) is 0 Å². The SMILES string of the molecule is CC(C)(C)OC(=O)N(CC1CCCCC1)c1ccc(C(=O)O)cc1. The van der Waals surface area contributed by atoms with Crippen LogP contribution < -0.4 is 4.90 Å². The van der Waals surface area contributed by atoms with E-state index >= 15 is 0 Å². The van der Waals surface area contributed by atoms with E-state index in [9.17, 15) is 9.59 Å². The van der Waals surface area contributed by atoms with Crippen LogP contribution in [0.2, 0.25) is 0 Å². The van der Waals surface area contributed by atoms with Crippen LogP contribution in [0.15, 0.2) is 24.3 Å². The van der Waals surface area contributed by atoms with Gasteiger partial charge in [0.25, 0.3) is 0 Å². The molecule has 5 heteroatoms. The third kappa shape index (κ3) is 5.25. The highest BCUT2D eigenvalue weighted by Crippen LogP contribution is 2.28. The number of amides is 1. The van der Waals surface area contributed by atoms with Gasteiger partial charge in [-0.15, -0.1) is 0 Å². The molecule has 0 saturated heterocycles. The third-order valence-corrected chi connectivity index (χ3v) is 4.21. The first kappa shape index (κ1) is 18.3. The number of anilines is 1. The number of rotatable bonds is 4. The molecule has 0 aliphatic heterocycles. The van der Waals surface area contributed by atoms with Crippen LogP contribution >= 0.6 is 0 Å². The van der Waals surface area contributed by atoms with Gasteiger partial charge >= 0.3 is 12.1 Å². The number of carboxylic acid groups (broad SMARTS) is 1. The van der Waals surface area contributed by atoms with Gasteiger partial charge in [-0.25, -0.2) is 9.59 Å². The summed E-state index contributed by atoms with van der Waals surface area (Å²) in [6.45, 7) is 6.15. The van der Waals surface area contributed by atoms with Gasteiger partial charge in [0.2, 0.25) is 0 Å². The van der Waals surface area contributed by atoms with Crippen molar-refractivity contribution in [2.24, 2.45) is 5.92 Å². The second kappa shape index (κ2) is 7.69. The van der Waals surface area contributed by atoms with E-state index in [0.29, 0.717) is 18.2 Å². The lowest BCUT2D eigenvalue weighted by Crippen LogP contribution is -2.40. The summed E-state index contributed by atoms with van der Waals surface area (Å²) >= 11 is 0. The van der Waals surface area contributed by atoms with Gasteiger partial charge < -0.3 is 9.84 Å². The monoisotopic (exact) mass is 333 g/mol. The van der Waals surface area contributed by atoms with Gasteiger partial charge in [-0.3, -0.25) is 4.90 Å². The standard InChI is InChI=1S/C19H27NO4/c1-19(2,3)24-18(23)20(13-14-7-5-4-6-8-14)16-11-9-15(10-12-16)17(21)22/h9-12,14H,4-8,13H2,1-3H3,(H,21,22). The maximum Gasteiger partial charge on any atom is 0.414 e. The van der Waals surface area contributed by atoms with Crippen LogP contribution in [0.1, 0.15) is 63.2 Å². The molecular weight excluding hydrogens is 306 g/mol. The molecule has 24 heavy (non-hydrogen) atoms. The molecule has 0 atom stereocenters. The van der Waals surface area contributed by atoms with Crippen LogP contribution in [-0.4, -0.2) is 29.3 Å². The summed E-state index contributed by atoms with van der Waals surface area (Å²) in [7, 11) is 0. The molecule has 1 aromatic carbocycles. The molecule has 1 amide bonds. The summed E-state index contributed by atoms with van der Waals surface area (Å²) < 4.78 is 5.54. The van der Waals surface area contributed by atoms with Gasteiger partial charge in [-0.05, 0) is 63.8 Å². The van der Waals surface area contributed by atoms with Crippen molar-refractivity contribution in [2.45, 2.75) is 58.5 Å². The highest BCUT2D eigenvalue weighted by molar-refractivity contribution is 5.91. The third-order valence-electron chi connectivity index (χ3n) is 4.21. The Bertz CT molecular complexity index is 568. The zero-order chi connectivity index (χ0) is 17.7. The molecule has 0 heterocycles. The molecule has 0 unspecified atom stereocenters. The number of carboxylic acids is 1. The Morgan fingerprint density at radius 1 is 1.12 bits per heavy atom. The number of carbonyl (C=O) groups is 2. The molecule has 1 aliphatic rings. The molecule has 1 aromatic rings. The minimum atomic E-state index is -0.974. The molecule has 2 rings (SSSR count). The lowest BCUT2D eigenvalue weighted by molar-refractivity contribution is 0.0571. The fraction of sp³-hybridized carbons (Fsp3) is 0.579. The highest BCUT2D eigenvalue weighted by atomic mass is 16.6. The van der Waals surface area contributed by atoms with Crippen LogP contribution in [0.4, 0.5) is 10.5 Å². The summed E-state index contributed by atoms with van der Waals surface area (Å²) in [6.07, 6.45) is 5.52. The van der Waals surface area contributed by atoms with Crippen LogP contribution in [0, 0.1) is 5.92 Å². The fourth-order valence-electron chi connectivity index (χ4n) is 3.01. The van der Waals surface area contributed by atoms with E-state index in [2.05, 4.69) is 0 Å². The molecule has 1 fully saturated rings. The van der Waals surface area contributed by atoms with Crippen molar-refractivity contribution in [1.82, 2.24) is 0 Å². The second-order valence-electron chi connectivity index (χ2n) is 7.45. The minimum Gasteiger partial charge on any atom is -0.478 e. The normalized spacial score (nSPS) is 15.8. The zero-order valence-corrected chi connectivity index (χ0v) is 14.7. The average molecular weight is 333 g/mol. The summed E-state index contributed by atoms with van der Waals surface area (Å²) in [6, 6.07) is 6.40. The Balaban J connectivity index is 2.20. The Labute approximate surface area is 143 Å². The molecule has 0 aromatic heterocycles. The van der Waals surface area contributed by atoms with Crippen LogP contribution in [0.5, 0.6) is 0 Å². The van der Waals surface area contributed by atoms with Crippen LogP contribution in [-0.2, 0) is 4.74 Å². The van der Waals surface area contributed by atoms with Crippen molar-refractivity contribution < 1.29 is 19.4 Å². The smallest absolute Gasteiger partial charge is 0.414 e. The van der Waals surface area contributed by atoms with Gasteiger partial charge in [0, 0.05) is 12.2 Å². The van der Waals surface area contributed by atoms with E-state index in [-0.39, 0.29) is 11.7 Å². The molecule has 132 valence electrons. The summed E-state index contributed by atoms with van der Waals surface area (Å²) in [5.41, 5.74) is 0.323. The van der Waals surface area contributed by atoms with Gasteiger partial charge in [0.15, 0.2) is 0 Å². The highest BCUT2D eigenvalue weighted by Gasteiger charge is 2.26. The molecular formula is C19H27NO4. The number of aromatic carboxylic acids is 1. The second-order valence-corrected chi connectivity index (χ2v) is 7.45. The lowest BCUT2D eigenvalue weighted by atomic mass is 9.89. The van der Waals surface area contributed by atoms with E-state index in [1.807, 2.05) is 20.8 Å². The van der Waals surface area contributed by atoms with E-state index in [4.69, 9.17) is 9.84 Å². The summed E-state index contributed by atoms with van der Waals surface area (Å²) in [5, 5.41) is 9.03. The van der Waals surface area contributed by atoms with Crippen molar-refractivity contribution in [3.63, 3.8) is 0 Å². The molecule has 0 radical (unpaired) electrons. The molecule has 1 aliphatic carbocycles. The maximum atomic E-state index is 12.6. The largest absolute Gasteiger partial charge is 0.478 e. The van der Waals surface area contributed by atoms with E-state index in [0.717, 1.165) is 12.8 Å². The Morgan fingerprint density at radius 3 is 2.21 bits per heavy atom. The molecule has 1 N–H and O–H groups in total. The number of benzene rings is 1. The van der Waals surface area contributed by atoms with E-state index < -0.39 is 11.6 Å². The van der Waals surface area contributed by atoms with E-state index in [1.165, 1.54) is 31.4 Å². The number of nitrogens with zero attached hydrogens (tertiary/aromatic N) is 1. The first-order chi connectivity index (χ1) is 11.3. The van der Waals surface area contributed by atoms with Crippen molar-refractivity contribution in [1.29, 1.82) is 0 Å². The first-order valence-corrected chi connectivity index (χ1v) is 8.60. The predicted molar refractivity (Wildman–Crippen MR) is 93.6 cm³/mol. The predicted octanol–water partition coefficient (Wildman–Crippen LogP) is 4.71. The van der Waals surface area contributed by atoms with Gasteiger partial charge in [0.1, 0.15) is 5.60 Å². The molecule has 5 nitrogen and oxygen atoms in total. The van der Waals surface area contributed by atoms with Gasteiger partial charge in [-0.1, -0.05) is 19.3 Å². The topological polar surface area (TPSA) is 66.8 Å². The minimum absolute atomic E-state index is 0.209. The summed E-state index contributed by atoms with van der Waals surface area (Å²) in [4.78, 5) is 25.3. The van der Waals surface area contributed by atoms with Crippen molar-refractivity contribution in [2.75, 3.05) is 11.4 Å². The number of hydrogen-bond acceptors (Lipinski definition) is 3. The maximum absolute atomic E-state index is 12.6. The molecule has 0 spiro atoms. The number of ether oxygens (including phenoxy) is 1. The number of hydrogen-bond donors (Lipinski definition) is 1. The number of carbonyl (C=O) groups excluding carboxylic acids is 1. The zero-order valence-electron chi connectivity index (χ0n) is 14.7. The van der Waals surface area contributed by atoms with Gasteiger partial charge in [-0.2, -0.15) is 0 Å². The van der Waals surface area contributed by atoms with Crippen LogP contribution in [0.3, 0.4) is 0 Å². The molecule has 0 bridgehead atoms. The van der Waals surface area contributed by atoms with Gasteiger partial charge in [0.05, 0.1) is 5.56 Å². The van der Waals surface area contributed by atoms with E-state index in [1.54, 1.807) is 17.0 Å². The Kier molecular flexibility index (Phi) is 5.86. The Morgan fingerprint density at radius 2 is 1.71 bits per heavy atom. The summed E-state index contributed by atoms with van der Waals surface area (Å²) in [5.74, 6) is -0.511. The first-order valence-electron chi connectivity index (χ1n) is 8.60.